The van der Waals surface area contributed by atoms with Crippen molar-refractivity contribution in [1.82, 2.24) is 10.2 Å². The standard InChI is InChI=1S/C21H26ClN3O4S/c1-15-8-5-6-11-19(15)25(30(4,28)29)14-20(26)24(16(2)21(27)23-3)13-17-9-7-10-18(22)12-17/h5-12,16H,13-14H2,1-4H3,(H,23,27). The summed E-state index contributed by atoms with van der Waals surface area (Å²) < 4.78 is 26.0. The van der Waals surface area contributed by atoms with Gasteiger partial charge in [0.15, 0.2) is 0 Å². The van der Waals surface area contributed by atoms with Crippen LogP contribution in [-0.4, -0.2) is 51.0 Å². The van der Waals surface area contributed by atoms with Gasteiger partial charge in [0.2, 0.25) is 21.8 Å². The highest BCUT2D eigenvalue weighted by Crippen LogP contribution is 2.23. The lowest BCUT2D eigenvalue weighted by Gasteiger charge is -2.31. The summed E-state index contributed by atoms with van der Waals surface area (Å²) in [6.07, 6.45) is 1.05. The molecule has 0 spiro atoms. The van der Waals surface area contributed by atoms with E-state index in [0.29, 0.717) is 10.7 Å². The molecule has 0 saturated carbocycles. The van der Waals surface area contributed by atoms with Crippen LogP contribution >= 0.6 is 11.6 Å². The summed E-state index contributed by atoms with van der Waals surface area (Å²) in [5.74, 6) is -0.855. The molecular formula is C21H26ClN3O4S. The average molecular weight is 452 g/mol. The number of anilines is 1. The largest absolute Gasteiger partial charge is 0.357 e. The van der Waals surface area contributed by atoms with E-state index >= 15 is 0 Å². The number of rotatable bonds is 8. The third-order valence-electron chi connectivity index (χ3n) is 4.72. The molecule has 0 bridgehead atoms. The third-order valence-corrected chi connectivity index (χ3v) is 6.08. The Balaban J connectivity index is 2.40. The number of carbonyl (C=O) groups is 2. The first-order valence-corrected chi connectivity index (χ1v) is 11.6. The maximum atomic E-state index is 13.2. The molecule has 0 heterocycles. The molecule has 2 rings (SSSR count). The zero-order valence-corrected chi connectivity index (χ0v) is 19.0. The van der Waals surface area contributed by atoms with E-state index in [-0.39, 0.29) is 12.5 Å². The van der Waals surface area contributed by atoms with Crippen LogP contribution in [0.3, 0.4) is 0 Å². The van der Waals surface area contributed by atoms with Crippen molar-refractivity contribution in [1.29, 1.82) is 0 Å². The molecule has 0 saturated heterocycles. The lowest BCUT2D eigenvalue weighted by atomic mass is 10.1. The third kappa shape index (κ3) is 5.96. The molecule has 1 atom stereocenters. The van der Waals surface area contributed by atoms with Crippen molar-refractivity contribution >= 4 is 39.1 Å². The van der Waals surface area contributed by atoms with E-state index in [9.17, 15) is 18.0 Å². The van der Waals surface area contributed by atoms with Gasteiger partial charge in [0, 0.05) is 18.6 Å². The van der Waals surface area contributed by atoms with Gasteiger partial charge >= 0.3 is 0 Å². The van der Waals surface area contributed by atoms with Gasteiger partial charge in [-0.15, -0.1) is 0 Å². The Morgan fingerprint density at radius 1 is 1.13 bits per heavy atom. The minimum Gasteiger partial charge on any atom is -0.357 e. The van der Waals surface area contributed by atoms with Crippen LogP contribution in [0.2, 0.25) is 5.02 Å². The molecule has 0 radical (unpaired) electrons. The summed E-state index contributed by atoms with van der Waals surface area (Å²) >= 11 is 6.05. The van der Waals surface area contributed by atoms with Crippen molar-refractivity contribution < 1.29 is 18.0 Å². The smallest absolute Gasteiger partial charge is 0.244 e. The van der Waals surface area contributed by atoms with Gasteiger partial charge in [0.1, 0.15) is 12.6 Å². The highest BCUT2D eigenvalue weighted by Gasteiger charge is 2.30. The van der Waals surface area contributed by atoms with E-state index in [1.807, 2.05) is 0 Å². The zero-order chi connectivity index (χ0) is 22.5. The van der Waals surface area contributed by atoms with Crippen LogP contribution in [0.4, 0.5) is 5.69 Å². The first-order valence-electron chi connectivity index (χ1n) is 9.33. The molecule has 2 aromatic carbocycles. The van der Waals surface area contributed by atoms with Gasteiger partial charge in [0.25, 0.3) is 0 Å². The summed E-state index contributed by atoms with van der Waals surface area (Å²) in [5, 5.41) is 3.04. The Morgan fingerprint density at radius 3 is 2.37 bits per heavy atom. The van der Waals surface area contributed by atoms with Gasteiger partial charge in [-0.25, -0.2) is 8.42 Å². The SMILES string of the molecule is CNC(=O)C(C)N(Cc1cccc(Cl)c1)C(=O)CN(c1ccccc1C)S(C)(=O)=O. The van der Waals surface area contributed by atoms with E-state index in [2.05, 4.69) is 5.32 Å². The Labute approximate surface area is 182 Å². The molecule has 0 aromatic heterocycles. The molecule has 0 aliphatic rings. The normalized spacial score (nSPS) is 12.2. The molecule has 2 aromatic rings. The summed E-state index contributed by atoms with van der Waals surface area (Å²) in [7, 11) is -2.25. The van der Waals surface area contributed by atoms with Crippen molar-refractivity contribution in [3.63, 3.8) is 0 Å². The second kappa shape index (κ2) is 9.95. The highest BCUT2D eigenvalue weighted by atomic mass is 35.5. The molecular weight excluding hydrogens is 426 g/mol. The maximum Gasteiger partial charge on any atom is 0.244 e. The van der Waals surface area contributed by atoms with E-state index in [0.717, 1.165) is 21.7 Å². The molecule has 7 nitrogen and oxygen atoms in total. The van der Waals surface area contributed by atoms with Gasteiger partial charge in [-0.3, -0.25) is 13.9 Å². The molecule has 0 aliphatic carbocycles. The Morgan fingerprint density at radius 2 is 1.80 bits per heavy atom. The van der Waals surface area contributed by atoms with Crippen molar-refractivity contribution in [3.8, 4) is 0 Å². The quantitative estimate of drug-likeness (QED) is 0.668. The van der Waals surface area contributed by atoms with Gasteiger partial charge in [-0.1, -0.05) is 41.9 Å². The number of nitrogens with zero attached hydrogens (tertiary/aromatic N) is 2. The summed E-state index contributed by atoms with van der Waals surface area (Å²) in [6.45, 7) is 3.06. The molecule has 0 aliphatic heterocycles. The Bertz CT molecular complexity index is 1030. The second-order valence-electron chi connectivity index (χ2n) is 7.00. The van der Waals surface area contributed by atoms with Gasteiger partial charge in [-0.2, -0.15) is 0 Å². The molecule has 9 heteroatoms. The summed E-state index contributed by atoms with van der Waals surface area (Å²) in [5.41, 5.74) is 1.87. The van der Waals surface area contributed by atoms with Crippen LogP contribution in [0.1, 0.15) is 18.1 Å². The minimum atomic E-state index is -3.74. The number of sulfonamides is 1. The van der Waals surface area contributed by atoms with Crippen LogP contribution in [0.15, 0.2) is 48.5 Å². The van der Waals surface area contributed by atoms with Gasteiger partial charge in [0.05, 0.1) is 11.9 Å². The van der Waals surface area contributed by atoms with Crippen molar-refractivity contribution in [2.45, 2.75) is 26.4 Å². The van der Waals surface area contributed by atoms with E-state index in [4.69, 9.17) is 11.6 Å². The lowest BCUT2D eigenvalue weighted by molar-refractivity contribution is -0.139. The van der Waals surface area contributed by atoms with Crippen LogP contribution in [0.25, 0.3) is 0 Å². The van der Waals surface area contributed by atoms with Crippen molar-refractivity contribution in [2.75, 3.05) is 24.2 Å². The van der Waals surface area contributed by atoms with Crippen molar-refractivity contribution in [2.24, 2.45) is 0 Å². The fourth-order valence-corrected chi connectivity index (χ4v) is 4.18. The number of para-hydroxylation sites is 1. The Hall–Kier alpha value is -2.58. The fraction of sp³-hybridized carbons (Fsp3) is 0.333. The monoisotopic (exact) mass is 451 g/mol. The maximum absolute atomic E-state index is 13.2. The van der Waals surface area contributed by atoms with Crippen LogP contribution in [0.5, 0.6) is 0 Å². The van der Waals surface area contributed by atoms with Gasteiger partial charge < -0.3 is 10.2 Å². The number of carbonyl (C=O) groups excluding carboxylic acids is 2. The number of amides is 2. The zero-order valence-electron chi connectivity index (χ0n) is 17.4. The van der Waals surface area contributed by atoms with E-state index < -0.39 is 28.5 Å². The molecule has 0 fully saturated rings. The summed E-state index contributed by atoms with van der Waals surface area (Å²) in [6, 6.07) is 13.1. The predicted molar refractivity (Wildman–Crippen MR) is 119 cm³/mol. The van der Waals surface area contributed by atoms with Gasteiger partial charge in [-0.05, 0) is 43.2 Å². The van der Waals surface area contributed by atoms with Crippen LogP contribution in [0, 0.1) is 6.92 Å². The molecule has 30 heavy (non-hydrogen) atoms. The number of aryl methyl sites for hydroxylation is 1. The number of likely N-dealkylation sites (N-methyl/N-ethyl adjacent to an activating group) is 1. The summed E-state index contributed by atoms with van der Waals surface area (Å²) in [4.78, 5) is 26.8. The lowest BCUT2D eigenvalue weighted by Crippen LogP contribution is -2.50. The minimum absolute atomic E-state index is 0.110. The highest BCUT2D eigenvalue weighted by molar-refractivity contribution is 7.92. The molecule has 1 N–H and O–H groups in total. The Kier molecular flexibility index (Phi) is 7.86. The number of hydrogen-bond donors (Lipinski definition) is 1. The predicted octanol–water partition coefficient (Wildman–Crippen LogP) is 2.58. The first-order chi connectivity index (χ1) is 14.0. The average Bonchev–Trinajstić information content (AvgIpc) is 2.69. The molecule has 1 unspecified atom stereocenters. The van der Waals surface area contributed by atoms with Crippen LogP contribution < -0.4 is 9.62 Å². The molecule has 162 valence electrons. The number of nitrogens with one attached hydrogen (secondary N) is 1. The number of halogens is 1. The van der Waals surface area contributed by atoms with Crippen LogP contribution in [-0.2, 0) is 26.2 Å². The fourth-order valence-electron chi connectivity index (χ4n) is 3.06. The van der Waals surface area contributed by atoms with E-state index in [1.165, 1.54) is 11.9 Å². The molecule has 2 amide bonds. The number of hydrogen-bond acceptors (Lipinski definition) is 4. The first kappa shape index (κ1) is 23.7. The number of benzene rings is 2. The second-order valence-corrected chi connectivity index (χ2v) is 9.34. The topological polar surface area (TPSA) is 86.8 Å². The van der Waals surface area contributed by atoms with E-state index in [1.54, 1.807) is 62.4 Å². The van der Waals surface area contributed by atoms with Crippen molar-refractivity contribution in [3.05, 3.63) is 64.7 Å².